The summed E-state index contributed by atoms with van der Waals surface area (Å²) >= 11 is 0. The Morgan fingerprint density at radius 2 is 1.80 bits per heavy atom. The summed E-state index contributed by atoms with van der Waals surface area (Å²) < 4.78 is 5.13. The molecular weight excluding hydrogens is 316 g/mol. The number of aromatic nitrogens is 2. The number of methoxy groups -OCH3 is 1. The maximum absolute atomic E-state index is 12.1. The average molecular weight is 342 g/mol. The van der Waals surface area contributed by atoms with Crippen molar-refractivity contribution in [3.8, 4) is 5.75 Å². The summed E-state index contributed by atoms with van der Waals surface area (Å²) in [5, 5.41) is 6.04. The van der Waals surface area contributed by atoms with Crippen molar-refractivity contribution in [1.82, 2.24) is 15.3 Å². The monoisotopic (exact) mass is 342 g/mol. The lowest BCUT2D eigenvalue weighted by Gasteiger charge is -2.07. The van der Waals surface area contributed by atoms with Gasteiger partial charge in [0.05, 0.1) is 12.7 Å². The van der Waals surface area contributed by atoms with Crippen molar-refractivity contribution in [3.63, 3.8) is 0 Å². The molecule has 0 saturated carbocycles. The maximum Gasteiger partial charge on any atom is 0.254 e. The van der Waals surface area contributed by atoms with Crippen molar-refractivity contribution in [1.29, 1.82) is 0 Å². The van der Waals surface area contributed by atoms with Gasteiger partial charge in [0, 0.05) is 25.5 Å². The molecule has 2 N–H and O–H groups in total. The Morgan fingerprint density at radius 3 is 2.44 bits per heavy atom. The topological polar surface area (TPSA) is 76.1 Å². The summed E-state index contributed by atoms with van der Waals surface area (Å²) in [5.74, 6) is 1.23. The Kier molecular flexibility index (Phi) is 7.69. The zero-order valence-corrected chi connectivity index (χ0v) is 14.9. The molecule has 0 bridgehead atoms. The van der Waals surface area contributed by atoms with E-state index < -0.39 is 0 Å². The highest BCUT2D eigenvalue weighted by Gasteiger charge is 2.06. The van der Waals surface area contributed by atoms with Gasteiger partial charge in [-0.2, -0.15) is 0 Å². The van der Waals surface area contributed by atoms with Crippen LogP contribution in [-0.2, 0) is 6.42 Å². The highest BCUT2D eigenvalue weighted by atomic mass is 16.5. The van der Waals surface area contributed by atoms with Crippen LogP contribution in [0.1, 0.15) is 42.1 Å². The molecule has 2 rings (SSSR count). The van der Waals surface area contributed by atoms with Gasteiger partial charge >= 0.3 is 0 Å². The van der Waals surface area contributed by atoms with Crippen LogP contribution < -0.4 is 15.4 Å². The molecular formula is C19H26N4O2. The van der Waals surface area contributed by atoms with E-state index in [1.807, 2.05) is 24.3 Å². The first-order valence-corrected chi connectivity index (χ1v) is 8.70. The van der Waals surface area contributed by atoms with Gasteiger partial charge in [-0.1, -0.05) is 31.9 Å². The normalized spacial score (nSPS) is 10.3. The van der Waals surface area contributed by atoms with E-state index in [2.05, 4.69) is 27.5 Å². The van der Waals surface area contributed by atoms with Crippen molar-refractivity contribution in [2.75, 3.05) is 25.5 Å². The number of benzene rings is 1. The van der Waals surface area contributed by atoms with Gasteiger partial charge in [0.25, 0.3) is 5.91 Å². The van der Waals surface area contributed by atoms with Crippen LogP contribution in [0.25, 0.3) is 0 Å². The molecule has 2 aromatic rings. The predicted molar refractivity (Wildman–Crippen MR) is 99.1 cm³/mol. The third-order valence-electron chi connectivity index (χ3n) is 3.84. The van der Waals surface area contributed by atoms with Gasteiger partial charge in [-0.05, 0) is 30.5 Å². The molecule has 1 heterocycles. The highest BCUT2D eigenvalue weighted by Crippen LogP contribution is 2.11. The number of unbranched alkanes of at least 4 members (excludes halogenated alkanes) is 2. The molecule has 1 aromatic carbocycles. The molecule has 1 amide bonds. The predicted octanol–water partition coefficient (Wildman–Crippen LogP) is 3.06. The minimum absolute atomic E-state index is 0.161. The van der Waals surface area contributed by atoms with Gasteiger partial charge < -0.3 is 15.4 Å². The zero-order chi connectivity index (χ0) is 17.9. The lowest BCUT2D eigenvalue weighted by atomic mass is 10.1. The smallest absolute Gasteiger partial charge is 0.254 e. The van der Waals surface area contributed by atoms with Gasteiger partial charge in [-0.3, -0.25) is 4.79 Å². The molecule has 0 aliphatic carbocycles. The van der Waals surface area contributed by atoms with Crippen LogP contribution in [0.5, 0.6) is 5.75 Å². The summed E-state index contributed by atoms with van der Waals surface area (Å²) in [6, 6.07) is 7.81. The number of carbonyl (C=O) groups excluding carboxylic acids is 1. The number of nitrogens with one attached hydrogen (secondary N) is 2. The minimum atomic E-state index is -0.161. The summed E-state index contributed by atoms with van der Waals surface area (Å²) in [4.78, 5) is 20.5. The van der Waals surface area contributed by atoms with E-state index >= 15 is 0 Å². The molecule has 0 fully saturated rings. The quantitative estimate of drug-likeness (QED) is 0.649. The van der Waals surface area contributed by atoms with Gasteiger partial charge in [0.15, 0.2) is 0 Å². The van der Waals surface area contributed by atoms with E-state index in [0.717, 1.165) is 30.7 Å². The van der Waals surface area contributed by atoms with Crippen LogP contribution in [0, 0.1) is 0 Å². The fourth-order valence-corrected chi connectivity index (χ4v) is 2.33. The zero-order valence-electron chi connectivity index (χ0n) is 14.9. The van der Waals surface area contributed by atoms with Crippen LogP contribution >= 0.6 is 0 Å². The van der Waals surface area contributed by atoms with Gasteiger partial charge in [0.1, 0.15) is 5.75 Å². The standard InChI is InChI=1S/C19H26N4O2/c1-3-4-5-11-21-19-22-13-16(14-23-19)18(24)20-12-10-15-6-8-17(25-2)9-7-15/h6-9,13-14H,3-5,10-12H2,1-2H3,(H,20,24)(H,21,22,23). The van der Waals surface area contributed by atoms with E-state index in [4.69, 9.17) is 4.74 Å². The Morgan fingerprint density at radius 1 is 1.08 bits per heavy atom. The number of hydrogen-bond donors (Lipinski definition) is 2. The minimum Gasteiger partial charge on any atom is -0.497 e. The molecule has 0 unspecified atom stereocenters. The van der Waals surface area contributed by atoms with Crippen molar-refractivity contribution in [2.24, 2.45) is 0 Å². The SMILES string of the molecule is CCCCCNc1ncc(C(=O)NCCc2ccc(OC)cc2)cn1. The number of rotatable bonds is 10. The van der Waals surface area contributed by atoms with Crippen molar-refractivity contribution in [2.45, 2.75) is 32.6 Å². The molecule has 0 atom stereocenters. The molecule has 1 aromatic heterocycles. The lowest BCUT2D eigenvalue weighted by molar-refractivity contribution is 0.0953. The molecule has 0 spiro atoms. The van der Waals surface area contributed by atoms with Crippen molar-refractivity contribution < 1.29 is 9.53 Å². The Balaban J connectivity index is 1.74. The second-order valence-corrected chi connectivity index (χ2v) is 5.78. The van der Waals surface area contributed by atoms with E-state index in [1.54, 1.807) is 19.5 Å². The molecule has 0 aliphatic heterocycles. The first-order valence-electron chi connectivity index (χ1n) is 8.70. The molecule has 0 aliphatic rings. The van der Waals surface area contributed by atoms with E-state index in [1.165, 1.54) is 12.8 Å². The Labute approximate surface area is 149 Å². The molecule has 0 saturated heterocycles. The molecule has 0 radical (unpaired) electrons. The van der Waals surface area contributed by atoms with Gasteiger partial charge in [-0.25, -0.2) is 9.97 Å². The largest absolute Gasteiger partial charge is 0.497 e. The second-order valence-electron chi connectivity index (χ2n) is 5.78. The highest BCUT2D eigenvalue weighted by molar-refractivity contribution is 5.93. The average Bonchev–Trinajstić information content (AvgIpc) is 2.66. The summed E-state index contributed by atoms with van der Waals surface area (Å²) in [5.41, 5.74) is 1.61. The van der Waals surface area contributed by atoms with Crippen LogP contribution in [-0.4, -0.2) is 36.1 Å². The van der Waals surface area contributed by atoms with Crippen molar-refractivity contribution >= 4 is 11.9 Å². The number of anilines is 1. The fourth-order valence-electron chi connectivity index (χ4n) is 2.33. The van der Waals surface area contributed by atoms with Gasteiger partial charge in [0.2, 0.25) is 5.95 Å². The maximum atomic E-state index is 12.1. The molecule has 134 valence electrons. The summed E-state index contributed by atoms with van der Waals surface area (Å²) in [7, 11) is 1.64. The Bertz CT molecular complexity index is 641. The van der Waals surface area contributed by atoms with Crippen LogP contribution in [0.3, 0.4) is 0 Å². The molecule has 6 heteroatoms. The Hall–Kier alpha value is -2.63. The summed E-state index contributed by atoms with van der Waals surface area (Å²) in [6.07, 6.45) is 7.32. The van der Waals surface area contributed by atoms with Crippen LogP contribution in [0.15, 0.2) is 36.7 Å². The molecule has 6 nitrogen and oxygen atoms in total. The van der Waals surface area contributed by atoms with E-state index in [9.17, 15) is 4.79 Å². The third-order valence-corrected chi connectivity index (χ3v) is 3.84. The number of ether oxygens (including phenoxy) is 1. The molecule has 25 heavy (non-hydrogen) atoms. The van der Waals surface area contributed by atoms with Gasteiger partial charge in [-0.15, -0.1) is 0 Å². The van der Waals surface area contributed by atoms with E-state index in [-0.39, 0.29) is 5.91 Å². The number of nitrogens with zero attached hydrogens (tertiary/aromatic N) is 2. The summed E-state index contributed by atoms with van der Waals surface area (Å²) in [6.45, 7) is 3.57. The first-order chi connectivity index (χ1) is 12.2. The third kappa shape index (κ3) is 6.41. The number of carbonyl (C=O) groups is 1. The number of amides is 1. The van der Waals surface area contributed by atoms with Crippen molar-refractivity contribution in [3.05, 3.63) is 47.8 Å². The lowest BCUT2D eigenvalue weighted by Crippen LogP contribution is -2.26. The second kappa shape index (κ2) is 10.3. The van der Waals surface area contributed by atoms with E-state index in [0.29, 0.717) is 18.1 Å². The van der Waals surface area contributed by atoms with Crippen LogP contribution in [0.2, 0.25) is 0 Å². The fraction of sp³-hybridized carbons (Fsp3) is 0.421. The number of hydrogen-bond acceptors (Lipinski definition) is 5. The van der Waals surface area contributed by atoms with Crippen LogP contribution in [0.4, 0.5) is 5.95 Å². The first kappa shape index (κ1) is 18.7.